The minimum atomic E-state index is -5.14. The standard InChI is InChI=1S/C55H72N2O23S5/c1-5-56-45-18-16-41-43(35-39(82(63,64)65)37-47(41)84(69,70)71)52(45)55(3,21-23-76-26-27-78-30-31-80-33-32-79-29-28-77-25-24-75-4)49(56)13-8-6-9-14-50-54(2,20-12-34-81(60,61)62)53-44-36-40(83(66,67)68)38-48(85(72,73)74)42(44)17-19-46(53)57(50)22-11-7-10-15-51(58)59/h6,8-9,13-14,16-19,35-38H,5,7,10-12,15,20-34H2,1-4H3,(H5-,58,59,60,61,62,63,64,65,66,67,68,69,70,71,72,73,74)/p+1. The molecule has 0 bridgehead atoms. The summed E-state index contributed by atoms with van der Waals surface area (Å²) in [6.07, 6.45) is 9.50. The summed E-state index contributed by atoms with van der Waals surface area (Å²) in [6, 6.07) is 9.46. The van der Waals surface area contributed by atoms with Crippen molar-refractivity contribution in [2.45, 2.75) is 96.1 Å². The van der Waals surface area contributed by atoms with Gasteiger partial charge in [-0.25, -0.2) is 0 Å². The Morgan fingerprint density at radius 2 is 1.07 bits per heavy atom. The van der Waals surface area contributed by atoms with Crippen LogP contribution in [0.25, 0.3) is 21.5 Å². The minimum absolute atomic E-state index is 0.0234. The number of rotatable bonds is 36. The highest BCUT2D eigenvalue weighted by Crippen LogP contribution is 2.54. The first-order chi connectivity index (χ1) is 39.9. The van der Waals surface area contributed by atoms with Crippen molar-refractivity contribution in [3.05, 3.63) is 95.7 Å². The number of hydrogen-bond acceptors (Lipinski definition) is 18. The molecule has 2 aliphatic rings. The van der Waals surface area contributed by atoms with E-state index in [1.807, 2.05) is 23.3 Å². The van der Waals surface area contributed by atoms with Gasteiger partial charge in [-0.3, -0.25) is 27.6 Å². The van der Waals surface area contributed by atoms with Gasteiger partial charge in [0, 0.05) is 78.4 Å². The lowest BCUT2D eigenvalue weighted by atomic mass is 9.74. The van der Waals surface area contributed by atoms with E-state index < -0.39 is 92.7 Å². The molecule has 0 aliphatic carbocycles. The van der Waals surface area contributed by atoms with Crippen LogP contribution in [0, 0.1) is 0 Å². The van der Waals surface area contributed by atoms with Gasteiger partial charge in [0.1, 0.15) is 16.3 Å². The molecule has 2 aliphatic heterocycles. The Balaban J connectivity index is 1.38. The van der Waals surface area contributed by atoms with E-state index in [0.717, 1.165) is 12.1 Å². The highest BCUT2D eigenvalue weighted by molar-refractivity contribution is 7.87. The smallest absolute Gasteiger partial charge is 0.303 e. The molecule has 2 atom stereocenters. The molecule has 30 heteroatoms. The van der Waals surface area contributed by atoms with E-state index in [9.17, 15) is 74.8 Å². The lowest BCUT2D eigenvalue weighted by molar-refractivity contribution is -0.438. The van der Waals surface area contributed by atoms with Gasteiger partial charge < -0.3 is 38.4 Å². The molecule has 6 rings (SSSR count). The predicted molar refractivity (Wildman–Crippen MR) is 313 cm³/mol. The fourth-order valence-electron chi connectivity index (χ4n) is 10.9. The molecule has 0 saturated heterocycles. The Hall–Kier alpha value is -5.13. The number of methoxy groups -OCH3 is 1. The average Bonchev–Trinajstić information content (AvgIpc) is 1.63. The van der Waals surface area contributed by atoms with Gasteiger partial charge in [0.2, 0.25) is 5.69 Å². The first kappa shape index (κ1) is 69.0. The van der Waals surface area contributed by atoms with E-state index in [2.05, 4.69) is 0 Å². The van der Waals surface area contributed by atoms with Crippen LogP contribution in [0.5, 0.6) is 0 Å². The number of ether oxygens (including phenoxy) is 6. The zero-order chi connectivity index (χ0) is 62.6. The molecule has 0 spiro atoms. The second kappa shape index (κ2) is 29.2. The summed E-state index contributed by atoms with van der Waals surface area (Å²) in [5, 5.41) is 9.26. The van der Waals surface area contributed by atoms with Crippen LogP contribution in [0.4, 0.5) is 11.4 Å². The Morgan fingerprint density at radius 1 is 0.565 bits per heavy atom. The number of carboxylic acid groups (broad SMARTS) is 1. The van der Waals surface area contributed by atoms with E-state index in [-0.39, 0.29) is 80.2 Å². The fraction of sp³-hybridized carbons (Fsp3) is 0.491. The van der Waals surface area contributed by atoms with Crippen LogP contribution >= 0.6 is 0 Å². The summed E-state index contributed by atoms with van der Waals surface area (Å²) in [7, 11) is -23.3. The number of carbonyl (C=O) groups is 1. The summed E-state index contributed by atoms with van der Waals surface area (Å²) in [5.41, 5.74) is 0.364. The summed E-state index contributed by atoms with van der Waals surface area (Å²) < 4.78 is 212. The first-order valence-corrected chi connectivity index (χ1v) is 34.4. The topological polar surface area (TPSA) is 371 Å². The molecule has 470 valence electrons. The van der Waals surface area contributed by atoms with Gasteiger partial charge in [0.25, 0.3) is 50.6 Å². The van der Waals surface area contributed by atoms with Gasteiger partial charge in [-0.05, 0) is 112 Å². The Morgan fingerprint density at radius 3 is 1.55 bits per heavy atom. The molecule has 4 aromatic rings. The molecule has 85 heavy (non-hydrogen) atoms. The van der Waals surface area contributed by atoms with Crippen molar-refractivity contribution in [2.24, 2.45) is 0 Å². The predicted octanol–water partition coefficient (Wildman–Crippen LogP) is 6.56. The molecular weight excluding hydrogens is 1220 g/mol. The molecular formula is C55H73N2O23S5+. The van der Waals surface area contributed by atoms with Crippen molar-refractivity contribution in [1.82, 2.24) is 0 Å². The number of anilines is 1. The van der Waals surface area contributed by atoms with Gasteiger partial charge in [-0.2, -0.15) is 46.7 Å². The zero-order valence-electron chi connectivity index (χ0n) is 47.4. The van der Waals surface area contributed by atoms with Gasteiger partial charge >= 0.3 is 5.97 Å². The Kier molecular flexibility index (Phi) is 23.7. The lowest BCUT2D eigenvalue weighted by Crippen LogP contribution is -2.32. The van der Waals surface area contributed by atoms with Crippen molar-refractivity contribution < 1.29 is 108 Å². The van der Waals surface area contributed by atoms with E-state index in [0.29, 0.717) is 118 Å². The molecule has 2 unspecified atom stereocenters. The third-order valence-corrected chi connectivity index (χ3v) is 19.0. The number of aliphatic carboxylic acids is 1. The van der Waals surface area contributed by atoms with E-state index in [4.69, 9.17) is 28.4 Å². The molecule has 0 aromatic heterocycles. The third kappa shape index (κ3) is 17.6. The maximum absolute atomic E-state index is 12.9. The fourth-order valence-corrected chi connectivity index (χ4v) is 14.1. The number of likely N-dealkylation sites (N-methyl/N-ethyl adjacent to an activating group) is 1. The minimum Gasteiger partial charge on any atom is -0.481 e. The van der Waals surface area contributed by atoms with E-state index in [1.165, 1.54) is 12.1 Å². The van der Waals surface area contributed by atoms with E-state index in [1.54, 1.807) is 56.5 Å². The second-order valence-corrected chi connectivity index (χ2v) is 27.7. The summed E-state index contributed by atoms with van der Waals surface area (Å²) in [6.45, 7) is 9.48. The van der Waals surface area contributed by atoms with Crippen molar-refractivity contribution in [3.8, 4) is 0 Å². The van der Waals surface area contributed by atoms with Crippen LogP contribution in [-0.4, -0.2) is 185 Å². The van der Waals surface area contributed by atoms with Crippen LogP contribution < -0.4 is 4.90 Å². The van der Waals surface area contributed by atoms with Gasteiger partial charge in [-0.1, -0.05) is 24.3 Å². The molecule has 0 fully saturated rings. The number of unbranched alkanes of at least 4 members (excludes halogenated alkanes) is 2. The molecule has 0 saturated carbocycles. The monoisotopic (exact) mass is 1290 g/mol. The number of allylic oxidation sites excluding steroid dienone is 6. The van der Waals surface area contributed by atoms with Crippen LogP contribution in [0.3, 0.4) is 0 Å². The largest absolute Gasteiger partial charge is 0.481 e. The van der Waals surface area contributed by atoms with Crippen molar-refractivity contribution in [3.63, 3.8) is 0 Å². The third-order valence-electron chi connectivity index (χ3n) is 14.7. The van der Waals surface area contributed by atoms with E-state index >= 15 is 0 Å². The normalized spacial score (nSPS) is 18.3. The summed E-state index contributed by atoms with van der Waals surface area (Å²) in [4.78, 5) is 10.1. The van der Waals surface area contributed by atoms with Crippen LogP contribution in [0.2, 0.25) is 0 Å². The lowest BCUT2D eigenvalue weighted by Gasteiger charge is -2.30. The van der Waals surface area contributed by atoms with Crippen LogP contribution in [0.15, 0.2) is 104 Å². The number of nitrogens with zero attached hydrogens (tertiary/aromatic N) is 2. The number of benzene rings is 4. The highest BCUT2D eigenvalue weighted by atomic mass is 32.2. The molecule has 0 amide bonds. The molecule has 2 heterocycles. The first-order valence-electron chi connectivity index (χ1n) is 27.0. The van der Waals surface area contributed by atoms with Crippen LogP contribution in [-0.2, 0) is 94.6 Å². The average molecular weight is 1290 g/mol. The number of hydrogen-bond donors (Lipinski definition) is 6. The highest BCUT2D eigenvalue weighted by Gasteiger charge is 2.49. The quantitative estimate of drug-likeness (QED) is 0.0121. The van der Waals surface area contributed by atoms with Gasteiger partial charge in [0.15, 0.2) is 5.71 Å². The maximum atomic E-state index is 12.9. The molecule has 25 nitrogen and oxygen atoms in total. The van der Waals surface area contributed by atoms with Crippen molar-refractivity contribution >= 4 is 95.2 Å². The molecule has 0 radical (unpaired) electrons. The summed E-state index contributed by atoms with van der Waals surface area (Å²) >= 11 is 0. The SMILES string of the molecule is CCN1C(=CC=CC=CC2=[N+](CCCCCC(=O)O)c3ccc4c(S(=O)(=O)O)cc(S(=O)(=O)O)cc4c3C2(C)CCCS(=O)(=O)O)C(C)(CCOCCOCCOCCOCCOCCOC)c2c1ccc1c(S(=O)(=O)O)cc(S(=O)(=O)O)cc21. The Bertz CT molecular complexity index is 3810. The van der Waals surface area contributed by atoms with Gasteiger partial charge in [-0.15, -0.1) is 0 Å². The van der Waals surface area contributed by atoms with Gasteiger partial charge in [0.05, 0.1) is 87.0 Å². The number of carboxylic acids is 1. The second-order valence-electron chi connectivity index (χ2n) is 20.5. The molecule has 4 aromatic carbocycles. The molecule has 6 N–H and O–H groups in total. The van der Waals surface area contributed by atoms with Crippen LogP contribution in [0.1, 0.15) is 76.8 Å². The van der Waals surface area contributed by atoms with Crippen molar-refractivity contribution in [1.29, 1.82) is 0 Å². The number of fused-ring (bicyclic) bond motifs is 6. The zero-order valence-corrected chi connectivity index (χ0v) is 51.5. The summed E-state index contributed by atoms with van der Waals surface area (Å²) in [5.74, 6) is -1.70. The maximum Gasteiger partial charge on any atom is 0.303 e. The Labute approximate surface area is 495 Å². The van der Waals surface area contributed by atoms with Crippen molar-refractivity contribution in [2.75, 3.05) is 104 Å².